The minimum Gasteiger partial charge on any atom is -0.399 e. The Bertz CT molecular complexity index is 630. The van der Waals surface area contributed by atoms with Crippen LogP contribution in [-0.2, 0) is 11.3 Å². The number of nitrogen functional groups attached to an aromatic ring is 1. The van der Waals surface area contributed by atoms with Crippen LogP contribution in [0.2, 0.25) is 0 Å². The van der Waals surface area contributed by atoms with Crippen molar-refractivity contribution in [3.05, 3.63) is 24.0 Å². The smallest absolute Gasteiger partial charge is 0.185 e. The largest absolute Gasteiger partial charge is 0.399 e. The molecule has 0 radical (unpaired) electrons. The molecule has 6 nitrogen and oxygen atoms in total. The van der Waals surface area contributed by atoms with Crippen molar-refractivity contribution in [3.63, 3.8) is 0 Å². The van der Waals surface area contributed by atoms with E-state index in [0.717, 1.165) is 19.4 Å². The van der Waals surface area contributed by atoms with Gasteiger partial charge in [0.1, 0.15) is 5.82 Å². The van der Waals surface area contributed by atoms with Gasteiger partial charge in [0.05, 0.1) is 18.2 Å². The van der Waals surface area contributed by atoms with E-state index in [-0.39, 0.29) is 11.9 Å². The molecule has 1 aliphatic rings. The molecule has 0 aliphatic carbocycles. The average Bonchev–Trinajstić information content (AvgIpc) is 3.11. The molecule has 2 unspecified atom stereocenters. The summed E-state index contributed by atoms with van der Waals surface area (Å²) in [6.07, 6.45) is 2.14. The molecule has 7 heteroatoms. The first-order valence-electron chi connectivity index (χ1n) is 7.12. The van der Waals surface area contributed by atoms with Crippen LogP contribution in [0.15, 0.2) is 18.2 Å². The number of tetrazole rings is 1. The Morgan fingerprint density at radius 2 is 2.33 bits per heavy atom. The zero-order valence-electron chi connectivity index (χ0n) is 11.9. The molecule has 0 saturated carbocycles. The summed E-state index contributed by atoms with van der Waals surface area (Å²) in [6.45, 7) is 3.48. The van der Waals surface area contributed by atoms with Gasteiger partial charge in [0.15, 0.2) is 5.82 Å². The Kier molecular flexibility index (Phi) is 3.83. The third-order valence-corrected chi connectivity index (χ3v) is 3.92. The van der Waals surface area contributed by atoms with E-state index in [1.807, 2.05) is 0 Å². The van der Waals surface area contributed by atoms with Gasteiger partial charge in [-0.05, 0) is 41.5 Å². The molecule has 2 N–H and O–H groups in total. The SMILES string of the molecule is CCC1OCCC1Cn1nnnc1-c1cc(N)ccc1F. The van der Waals surface area contributed by atoms with Crippen LogP contribution in [0.5, 0.6) is 0 Å². The number of anilines is 1. The highest BCUT2D eigenvalue weighted by molar-refractivity contribution is 5.61. The first kappa shape index (κ1) is 13.9. The topological polar surface area (TPSA) is 78.8 Å². The molecular weight excluding hydrogens is 273 g/mol. The van der Waals surface area contributed by atoms with Gasteiger partial charge in [-0.15, -0.1) is 5.10 Å². The van der Waals surface area contributed by atoms with Crippen LogP contribution in [0, 0.1) is 11.7 Å². The summed E-state index contributed by atoms with van der Waals surface area (Å²) in [5.41, 5.74) is 6.54. The van der Waals surface area contributed by atoms with E-state index < -0.39 is 0 Å². The molecule has 2 aromatic rings. The van der Waals surface area contributed by atoms with E-state index in [0.29, 0.717) is 29.5 Å². The Balaban J connectivity index is 1.89. The predicted molar refractivity (Wildman–Crippen MR) is 75.8 cm³/mol. The van der Waals surface area contributed by atoms with E-state index in [1.54, 1.807) is 10.7 Å². The second-order valence-electron chi connectivity index (χ2n) is 5.29. The van der Waals surface area contributed by atoms with E-state index in [2.05, 4.69) is 22.4 Å². The molecule has 21 heavy (non-hydrogen) atoms. The lowest BCUT2D eigenvalue weighted by Crippen LogP contribution is -2.21. The van der Waals surface area contributed by atoms with Crippen LogP contribution in [-0.4, -0.2) is 32.9 Å². The summed E-state index contributed by atoms with van der Waals surface area (Å²) in [4.78, 5) is 0. The molecule has 1 aromatic carbocycles. The van der Waals surface area contributed by atoms with Gasteiger partial charge in [-0.2, -0.15) is 0 Å². The lowest BCUT2D eigenvalue weighted by atomic mass is 9.99. The molecule has 2 heterocycles. The summed E-state index contributed by atoms with van der Waals surface area (Å²) in [7, 11) is 0. The van der Waals surface area contributed by atoms with E-state index in [1.165, 1.54) is 12.1 Å². The number of aromatic nitrogens is 4. The fourth-order valence-corrected chi connectivity index (χ4v) is 2.81. The van der Waals surface area contributed by atoms with Gasteiger partial charge in [-0.25, -0.2) is 9.07 Å². The summed E-state index contributed by atoms with van der Waals surface area (Å²) < 4.78 is 21.3. The Morgan fingerprint density at radius 3 is 3.14 bits per heavy atom. The molecule has 1 aliphatic heterocycles. The van der Waals surface area contributed by atoms with Crippen LogP contribution in [0.25, 0.3) is 11.4 Å². The van der Waals surface area contributed by atoms with Crippen molar-refractivity contribution < 1.29 is 9.13 Å². The molecule has 1 fully saturated rings. The summed E-state index contributed by atoms with van der Waals surface area (Å²) in [6, 6.07) is 4.40. The monoisotopic (exact) mass is 291 g/mol. The standard InChI is InChI=1S/C14H18FN5O/c1-2-13-9(5-6-21-13)8-20-14(17-18-19-20)11-7-10(16)3-4-12(11)15/h3-4,7,9,13H,2,5-6,8,16H2,1H3. The third-order valence-electron chi connectivity index (χ3n) is 3.92. The molecular formula is C14H18FN5O. The highest BCUT2D eigenvalue weighted by atomic mass is 19.1. The molecule has 0 amide bonds. The van der Waals surface area contributed by atoms with Crippen molar-refractivity contribution in [2.24, 2.45) is 5.92 Å². The van der Waals surface area contributed by atoms with Crippen LogP contribution in [0.4, 0.5) is 10.1 Å². The van der Waals surface area contributed by atoms with Gasteiger partial charge in [-0.3, -0.25) is 0 Å². The van der Waals surface area contributed by atoms with Crippen molar-refractivity contribution in [3.8, 4) is 11.4 Å². The van der Waals surface area contributed by atoms with Gasteiger partial charge in [0, 0.05) is 18.2 Å². The number of nitrogens with zero attached hydrogens (tertiary/aromatic N) is 4. The minimum absolute atomic E-state index is 0.215. The van der Waals surface area contributed by atoms with Gasteiger partial charge in [-0.1, -0.05) is 6.92 Å². The number of ether oxygens (including phenoxy) is 1. The lowest BCUT2D eigenvalue weighted by molar-refractivity contribution is 0.0825. The molecule has 0 bridgehead atoms. The zero-order chi connectivity index (χ0) is 14.8. The Labute approximate surface area is 122 Å². The first-order chi connectivity index (χ1) is 10.2. The normalized spacial score (nSPS) is 21.8. The maximum absolute atomic E-state index is 14.0. The second kappa shape index (κ2) is 5.77. The zero-order valence-corrected chi connectivity index (χ0v) is 11.9. The highest BCUT2D eigenvalue weighted by Crippen LogP contribution is 2.27. The number of benzene rings is 1. The van der Waals surface area contributed by atoms with Gasteiger partial charge in [0.25, 0.3) is 0 Å². The van der Waals surface area contributed by atoms with Crippen molar-refractivity contribution >= 4 is 5.69 Å². The number of hydrogen-bond acceptors (Lipinski definition) is 5. The molecule has 2 atom stereocenters. The van der Waals surface area contributed by atoms with Crippen LogP contribution < -0.4 is 5.73 Å². The number of hydrogen-bond donors (Lipinski definition) is 1. The van der Waals surface area contributed by atoms with Crippen molar-refractivity contribution in [1.29, 1.82) is 0 Å². The van der Waals surface area contributed by atoms with Gasteiger partial charge >= 0.3 is 0 Å². The Morgan fingerprint density at radius 1 is 1.48 bits per heavy atom. The molecule has 112 valence electrons. The fourth-order valence-electron chi connectivity index (χ4n) is 2.81. The first-order valence-corrected chi connectivity index (χ1v) is 7.12. The van der Waals surface area contributed by atoms with Gasteiger partial charge < -0.3 is 10.5 Å². The summed E-state index contributed by atoms with van der Waals surface area (Å²) >= 11 is 0. The van der Waals surface area contributed by atoms with Crippen molar-refractivity contribution in [2.45, 2.75) is 32.4 Å². The third kappa shape index (κ3) is 2.73. The quantitative estimate of drug-likeness (QED) is 0.870. The molecule has 1 saturated heterocycles. The minimum atomic E-state index is -0.380. The van der Waals surface area contributed by atoms with Crippen molar-refractivity contribution in [2.75, 3.05) is 12.3 Å². The summed E-state index contributed by atoms with van der Waals surface area (Å²) in [5.74, 6) is 0.373. The van der Waals surface area contributed by atoms with Crippen molar-refractivity contribution in [1.82, 2.24) is 20.2 Å². The van der Waals surface area contributed by atoms with E-state index in [4.69, 9.17) is 10.5 Å². The molecule has 3 rings (SSSR count). The molecule has 0 spiro atoms. The Hall–Kier alpha value is -2.02. The van der Waals surface area contributed by atoms with Gasteiger partial charge in [0.2, 0.25) is 0 Å². The predicted octanol–water partition coefficient (Wildman–Crippen LogP) is 1.88. The lowest BCUT2D eigenvalue weighted by Gasteiger charge is -2.17. The number of nitrogens with two attached hydrogens (primary N) is 1. The average molecular weight is 291 g/mol. The van der Waals surface area contributed by atoms with E-state index in [9.17, 15) is 4.39 Å². The second-order valence-corrected chi connectivity index (χ2v) is 5.29. The summed E-state index contributed by atoms with van der Waals surface area (Å²) in [5, 5.41) is 11.6. The van der Waals surface area contributed by atoms with Crippen LogP contribution >= 0.6 is 0 Å². The number of rotatable bonds is 4. The maximum atomic E-state index is 14.0. The van der Waals surface area contributed by atoms with Crippen LogP contribution in [0.3, 0.4) is 0 Å². The van der Waals surface area contributed by atoms with Crippen LogP contribution in [0.1, 0.15) is 19.8 Å². The maximum Gasteiger partial charge on any atom is 0.185 e. The highest BCUT2D eigenvalue weighted by Gasteiger charge is 2.28. The fraction of sp³-hybridized carbons (Fsp3) is 0.500. The van der Waals surface area contributed by atoms with E-state index >= 15 is 0 Å². The number of halogens is 1. The molecule has 1 aromatic heterocycles.